The van der Waals surface area contributed by atoms with Gasteiger partial charge in [-0.05, 0) is 31.9 Å². The first kappa shape index (κ1) is 18.7. The van der Waals surface area contributed by atoms with E-state index in [1.165, 1.54) is 6.92 Å². The van der Waals surface area contributed by atoms with E-state index in [0.717, 1.165) is 11.1 Å². The van der Waals surface area contributed by atoms with Gasteiger partial charge in [0.2, 0.25) is 11.8 Å². The Morgan fingerprint density at radius 3 is 1.80 bits per heavy atom. The van der Waals surface area contributed by atoms with E-state index in [9.17, 15) is 9.59 Å². The van der Waals surface area contributed by atoms with Crippen molar-refractivity contribution in [1.82, 2.24) is 10.6 Å². The summed E-state index contributed by atoms with van der Waals surface area (Å²) in [5, 5.41) is 6.00. The van der Waals surface area contributed by atoms with E-state index < -0.39 is 11.5 Å². The van der Waals surface area contributed by atoms with E-state index in [1.54, 1.807) is 0 Å². The van der Waals surface area contributed by atoms with Gasteiger partial charge in [0, 0.05) is 6.92 Å². The summed E-state index contributed by atoms with van der Waals surface area (Å²) in [6, 6.07) is 18.9. The van der Waals surface area contributed by atoms with Crippen LogP contribution in [0.3, 0.4) is 0 Å². The van der Waals surface area contributed by atoms with Gasteiger partial charge in [0.25, 0.3) is 0 Å². The van der Waals surface area contributed by atoms with Gasteiger partial charge in [-0.2, -0.15) is 0 Å². The second kappa shape index (κ2) is 7.97. The number of carbonyl (C=O) groups is 2. The van der Waals surface area contributed by atoms with Crippen LogP contribution in [-0.4, -0.2) is 11.8 Å². The van der Waals surface area contributed by atoms with Crippen LogP contribution in [0.4, 0.5) is 0 Å². The lowest BCUT2D eigenvalue weighted by Gasteiger charge is -2.35. The molecule has 0 aliphatic rings. The van der Waals surface area contributed by atoms with Gasteiger partial charge in [-0.25, -0.2) is 0 Å². The minimum atomic E-state index is -0.809. The van der Waals surface area contributed by atoms with E-state index in [4.69, 9.17) is 0 Å². The van der Waals surface area contributed by atoms with Crippen LogP contribution in [0.2, 0.25) is 0 Å². The fourth-order valence-electron chi connectivity index (χ4n) is 2.87. The van der Waals surface area contributed by atoms with Gasteiger partial charge < -0.3 is 10.6 Å². The molecule has 2 N–H and O–H groups in total. The highest BCUT2D eigenvalue weighted by Gasteiger charge is 2.38. The Morgan fingerprint density at radius 1 is 0.840 bits per heavy atom. The first-order valence-corrected chi connectivity index (χ1v) is 8.50. The standard InChI is InChI=1S/C21H26N2O2/c1-15(17-11-7-5-8-12-17)22-20(25)21(3,4)19(23-16(2)24)18-13-9-6-10-14-18/h5-15,19H,1-4H3,(H,22,25)(H,23,24). The first-order chi connectivity index (χ1) is 11.8. The van der Waals surface area contributed by atoms with Crippen LogP contribution in [0.15, 0.2) is 60.7 Å². The van der Waals surface area contributed by atoms with E-state index in [1.807, 2.05) is 81.4 Å². The number of nitrogens with one attached hydrogen (secondary N) is 2. The Hall–Kier alpha value is -2.62. The molecule has 0 aromatic heterocycles. The number of amides is 2. The van der Waals surface area contributed by atoms with Gasteiger partial charge in [-0.15, -0.1) is 0 Å². The van der Waals surface area contributed by atoms with E-state index in [2.05, 4.69) is 10.6 Å². The third-order valence-electron chi connectivity index (χ3n) is 4.43. The maximum absolute atomic E-state index is 13.0. The van der Waals surface area contributed by atoms with E-state index in [-0.39, 0.29) is 17.9 Å². The Balaban J connectivity index is 2.23. The van der Waals surface area contributed by atoms with Gasteiger partial charge in [0.05, 0.1) is 17.5 Å². The summed E-state index contributed by atoms with van der Waals surface area (Å²) in [6.07, 6.45) is 0. The second-order valence-electron chi connectivity index (χ2n) is 6.87. The van der Waals surface area contributed by atoms with Crippen LogP contribution < -0.4 is 10.6 Å². The molecule has 0 spiro atoms. The molecule has 4 nitrogen and oxygen atoms in total. The van der Waals surface area contributed by atoms with Crippen molar-refractivity contribution >= 4 is 11.8 Å². The SMILES string of the molecule is CC(=O)NC(c1ccccc1)C(C)(C)C(=O)NC(C)c1ccccc1. The van der Waals surface area contributed by atoms with Crippen LogP contribution in [0.1, 0.15) is 50.9 Å². The largest absolute Gasteiger partial charge is 0.349 e. The van der Waals surface area contributed by atoms with Gasteiger partial charge in [0.15, 0.2) is 0 Å². The summed E-state index contributed by atoms with van der Waals surface area (Å²) in [4.78, 5) is 24.7. The highest BCUT2D eigenvalue weighted by Crippen LogP contribution is 2.34. The molecular weight excluding hydrogens is 312 g/mol. The second-order valence-corrected chi connectivity index (χ2v) is 6.87. The van der Waals surface area contributed by atoms with Crippen LogP contribution in [0.25, 0.3) is 0 Å². The molecule has 2 atom stereocenters. The number of benzene rings is 2. The molecule has 2 aromatic carbocycles. The fourth-order valence-corrected chi connectivity index (χ4v) is 2.87. The highest BCUT2D eigenvalue weighted by molar-refractivity contribution is 5.84. The zero-order valence-electron chi connectivity index (χ0n) is 15.2. The minimum Gasteiger partial charge on any atom is -0.349 e. The number of hydrogen-bond donors (Lipinski definition) is 2. The molecule has 0 saturated heterocycles. The predicted molar refractivity (Wildman–Crippen MR) is 99.8 cm³/mol. The van der Waals surface area contributed by atoms with Crippen LogP contribution in [0, 0.1) is 5.41 Å². The van der Waals surface area contributed by atoms with Crippen molar-refractivity contribution in [1.29, 1.82) is 0 Å². The van der Waals surface area contributed by atoms with Crippen molar-refractivity contribution in [2.75, 3.05) is 0 Å². The Bertz CT molecular complexity index is 711. The van der Waals surface area contributed by atoms with E-state index >= 15 is 0 Å². The topological polar surface area (TPSA) is 58.2 Å². The Morgan fingerprint density at radius 2 is 1.32 bits per heavy atom. The minimum absolute atomic E-state index is 0.105. The summed E-state index contributed by atoms with van der Waals surface area (Å²) >= 11 is 0. The smallest absolute Gasteiger partial charge is 0.228 e. The van der Waals surface area contributed by atoms with Crippen LogP contribution in [-0.2, 0) is 9.59 Å². The lowest BCUT2D eigenvalue weighted by atomic mass is 9.79. The molecule has 0 fully saturated rings. The normalized spacial score (nSPS) is 13.6. The monoisotopic (exact) mass is 338 g/mol. The first-order valence-electron chi connectivity index (χ1n) is 8.50. The Labute approximate surface area is 149 Å². The maximum atomic E-state index is 13.0. The third-order valence-corrected chi connectivity index (χ3v) is 4.43. The lowest BCUT2D eigenvalue weighted by Crippen LogP contribution is -2.47. The van der Waals surface area contributed by atoms with Gasteiger partial charge >= 0.3 is 0 Å². The molecule has 2 unspecified atom stereocenters. The van der Waals surface area contributed by atoms with Gasteiger partial charge in [-0.1, -0.05) is 60.7 Å². The van der Waals surface area contributed by atoms with Crippen molar-refractivity contribution in [2.45, 2.75) is 39.8 Å². The van der Waals surface area contributed by atoms with E-state index in [0.29, 0.717) is 0 Å². The molecule has 25 heavy (non-hydrogen) atoms. The zero-order chi connectivity index (χ0) is 18.4. The van der Waals surface area contributed by atoms with Gasteiger partial charge in [-0.3, -0.25) is 9.59 Å². The zero-order valence-corrected chi connectivity index (χ0v) is 15.2. The molecule has 2 rings (SSSR count). The average Bonchev–Trinajstić information content (AvgIpc) is 2.60. The summed E-state index contributed by atoms with van der Waals surface area (Å²) < 4.78 is 0. The molecule has 0 radical (unpaired) electrons. The molecule has 4 heteroatoms. The highest BCUT2D eigenvalue weighted by atomic mass is 16.2. The summed E-state index contributed by atoms with van der Waals surface area (Å²) in [5.74, 6) is -0.266. The molecule has 0 heterocycles. The summed E-state index contributed by atoms with van der Waals surface area (Å²) in [5.41, 5.74) is 1.14. The molecule has 0 bridgehead atoms. The molecule has 2 amide bonds. The number of rotatable bonds is 6. The number of carbonyl (C=O) groups excluding carboxylic acids is 2. The van der Waals surface area contributed by atoms with Crippen molar-refractivity contribution in [2.24, 2.45) is 5.41 Å². The van der Waals surface area contributed by atoms with Crippen molar-refractivity contribution in [3.8, 4) is 0 Å². The quantitative estimate of drug-likeness (QED) is 0.842. The van der Waals surface area contributed by atoms with Crippen molar-refractivity contribution < 1.29 is 9.59 Å². The summed E-state index contributed by atoms with van der Waals surface area (Å²) in [7, 11) is 0. The third kappa shape index (κ3) is 4.69. The predicted octanol–water partition coefficient (Wildman–Crippen LogP) is 3.77. The summed E-state index contributed by atoms with van der Waals surface area (Å²) in [6.45, 7) is 7.14. The molecule has 0 saturated carbocycles. The average molecular weight is 338 g/mol. The molecule has 0 aliphatic heterocycles. The molecule has 2 aromatic rings. The maximum Gasteiger partial charge on any atom is 0.228 e. The lowest BCUT2D eigenvalue weighted by molar-refractivity contribution is -0.132. The molecule has 132 valence electrons. The fraction of sp³-hybridized carbons (Fsp3) is 0.333. The van der Waals surface area contributed by atoms with Crippen molar-refractivity contribution in [3.05, 3.63) is 71.8 Å². The molecule has 0 aliphatic carbocycles. The Kier molecular flexibility index (Phi) is 5.97. The number of hydrogen-bond acceptors (Lipinski definition) is 2. The van der Waals surface area contributed by atoms with Crippen LogP contribution >= 0.6 is 0 Å². The van der Waals surface area contributed by atoms with Gasteiger partial charge in [0.1, 0.15) is 0 Å². The molecular formula is C21H26N2O2. The van der Waals surface area contributed by atoms with Crippen LogP contribution in [0.5, 0.6) is 0 Å². The van der Waals surface area contributed by atoms with Crippen molar-refractivity contribution in [3.63, 3.8) is 0 Å².